The highest BCUT2D eigenvalue weighted by molar-refractivity contribution is 5.97. The maximum absolute atomic E-state index is 10.3. The number of hydrogen-bond acceptors (Lipinski definition) is 2. The molecule has 21 heavy (non-hydrogen) atoms. The first-order valence-corrected chi connectivity index (χ1v) is 6.79. The van der Waals surface area contributed by atoms with Crippen LogP contribution in [-0.2, 0) is 7.05 Å². The van der Waals surface area contributed by atoms with Crippen LogP contribution in [0.25, 0.3) is 34.4 Å². The molecule has 0 bridgehead atoms. The number of H-pyrrole nitrogens is 1. The van der Waals surface area contributed by atoms with Crippen molar-refractivity contribution in [3.8, 4) is 17.3 Å². The summed E-state index contributed by atoms with van der Waals surface area (Å²) in [6.07, 6.45) is 5.65. The Balaban J connectivity index is 2.33. The van der Waals surface area contributed by atoms with Gasteiger partial charge in [0, 0.05) is 18.0 Å². The second-order valence-corrected chi connectivity index (χ2v) is 4.86. The quantitative estimate of drug-likeness (QED) is 0.762. The van der Waals surface area contributed by atoms with Crippen molar-refractivity contribution in [3.05, 3.63) is 48.3 Å². The maximum Gasteiger partial charge on any atom is 0.200 e. The highest BCUT2D eigenvalue weighted by Crippen LogP contribution is 2.36. The van der Waals surface area contributed by atoms with E-state index in [4.69, 9.17) is 0 Å². The minimum absolute atomic E-state index is 0.131. The number of benzene rings is 1. The van der Waals surface area contributed by atoms with Crippen molar-refractivity contribution in [1.82, 2.24) is 14.5 Å². The number of nitrogens with zero attached hydrogens (tertiary/aromatic N) is 2. The predicted molar refractivity (Wildman–Crippen MR) is 87.0 cm³/mol. The van der Waals surface area contributed by atoms with E-state index in [0.29, 0.717) is 11.4 Å². The lowest BCUT2D eigenvalue weighted by Crippen LogP contribution is -1.94. The molecule has 0 amide bonds. The monoisotopic (exact) mass is 279 g/mol. The van der Waals surface area contributed by atoms with Crippen LogP contribution in [0.2, 0.25) is 0 Å². The van der Waals surface area contributed by atoms with Crippen LogP contribution in [0.1, 0.15) is 18.3 Å². The van der Waals surface area contributed by atoms with Crippen LogP contribution in [0, 0.1) is 0 Å². The molecule has 0 aliphatic heterocycles. The van der Waals surface area contributed by atoms with Gasteiger partial charge in [0.05, 0.1) is 17.0 Å². The Hall–Kier alpha value is -2.75. The van der Waals surface area contributed by atoms with Crippen LogP contribution in [0.5, 0.6) is 5.88 Å². The van der Waals surface area contributed by atoms with Gasteiger partial charge < -0.3 is 14.7 Å². The number of aromatic nitrogens is 3. The SMILES string of the molecule is C=Cc1c(/C=C\C)nc(-c2c(O)[nH]c3ccccc23)n1C. The van der Waals surface area contributed by atoms with Crippen molar-refractivity contribution in [1.29, 1.82) is 0 Å². The molecule has 4 nitrogen and oxygen atoms in total. The summed E-state index contributed by atoms with van der Waals surface area (Å²) in [6.45, 7) is 5.80. The van der Waals surface area contributed by atoms with Crippen molar-refractivity contribution < 1.29 is 5.11 Å². The summed E-state index contributed by atoms with van der Waals surface area (Å²) in [5.74, 6) is 0.847. The van der Waals surface area contributed by atoms with Crippen molar-refractivity contribution in [2.45, 2.75) is 6.92 Å². The molecule has 2 aromatic heterocycles. The lowest BCUT2D eigenvalue weighted by molar-refractivity contribution is 0.459. The summed E-state index contributed by atoms with van der Waals surface area (Å²) in [5, 5.41) is 11.2. The normalized spacial score (nSPS) is 11.5. The molecule has 2 N–H and O–H groups in total. The molecule has 0 radical (unpaired) electrons. The third-order valence-corrected chi connectivity index (χ3v) is 3.60. The van der Waals surface area contributed by atoms with Crippen molar-refractivity contribution in [3.63, 3.8) is 0 Å². The van der Waals surface area contributed by atoms with E-state index in [1.807, 2.05) is 55.0 Å². The lowest BCUT2D eigenvalue weighted by Gasteiger charge is -2.03. The molecular weight excluding hydrogens is 262 g/mol. The molecule has 106 valence electrons. The van der Waals surface area contributed by atoms with Gasteiger partial charge in [0.25, 0.3) is 0 Å². The van der Waals surface area contributed by atoms with Gasteiger partial charge in [-0.2, -0.15) is 0 Å². The van der Waals surface area contributed by atoms with Crippen molar-refractivity contribution >= 4 is 23.1 Å². The van der Waals surface area contributed by atoms with Gasteiger partial charge in [-0.3, -0.25) is 0 Å². The van der Waals surface area contributed by atoms with E-state index in [1.165, 1.54) is 0 Å². The molecule has 0 aliphatic carbocycles. The molecule has 0 atom stereocenters. The molecule has 0 saturated carbocycles. The van der Waals surface area contributed by atoms with Gasteiger partial charge in [0.1, 0.15) is 5.82 Å². The molecule has 0 aliphatic rings. The molecule has 1 aromatic carbocycles. The van der Waals surface area contributed by atoms with E-state index in [2.05, 4.69) is 16.5 Å². The first-order valence-electron chi connectivity index (χ1n) is 6.79. The third kappa shape index (κ3) is 1.96. The largest absolute Gasteiger partial charge is 0.494 e. The number of hydrogen-bond donors (Lipinski definition) is 2. The summed E-state index contributed by atoms with van der Waals surface area (Å²) in [4.78, 5) is 7.64. The summed E-state index contributed by atoms with van der Waals surface area (Å²) in [6, 6.07) is 7.78. The van der Waals surface area contributed by atoms with Crippen LogP contribution >= 0.6 is 0 Å². The maximum atomic E-state index is 10.3. The fourth-order valence-electron chi connectivity index (χ4n) is 2.63. The number of aromatic amines is 1. The topological polar surface area (TPSA) is 53.8 Å². The highest BCUT2D eigenvalue weighted by Gasteiger charge is 2.19. The number of aromatic hydroxyl groups is 1. The van der Waals surface area contributed by atoms with Gasteiger partial charge in [-0.15, -0.1) is 0 Å². The van der Waals surface area contributed by atoms with Crippen LogP contribution in [0.3, 0.4) is 0 Å². The predicted octanol–water partition coefficient (Wildman–Crippen LogP) is 3.95. The van der Waals surface area contributed by atoms with Crippen LogP contribution in [0.4, 0.5) is 0 Å². The molecule has 3 aromatic rings. The molecule has 2 heterocycles. The van der Waals surface area contributed by atoms with Gasteiger partial charge in [-0.05, 0) is 25.1 Å². The Morgan fingerprint density at radius 1 is 1.33 bits per heavy atom. The van der Waals surface area contributed by atoms with E-state index in [-0.39, 0.29) is 5.88 Å². The molecular formula is C17H17N3O. The van der Waals surface area contributed by atoms with Gasteiger partial charge in [0.2, 0.25) is 5.88 Å². The fourth-order valence-corrected chi connectivity index (χ4v) is 2.63. The summed E-state index contributed by atoms with van der Waals surface area (Å²) >= 11 is 0. The Labute approximate surface area is 123 Å². The van der Waals surface area contributed by atoms with E-state index in [1.54, 1.807) is 6.08 Å². The Morgan fingerprint density at radius 3 is 2.81 bits per heavy atom. The second-order valence-electron chi connectivity index (χ2n) is 4.86. The number of rotatable bonds is 3. The molecule has 0 saturated heterocycles. The Morgan fingerprint density at radius 2 is 2.10 bits per heavy atom. The molecule has 0 unspecified atom stereocenters. The average molecular weight is 279 g/mol. The van der Waals surface area contributed by atoms with Gasteiger partial charge in [-0.1, -0.05) is 30.9 Å². The number of nitrogens with one attached hydrogen (secondary N) is 1. The molecule has 0 spiro atoms. The number of para-hydroxylation sites is 1. The summed E-state index contributed by atoms with van der Waals surface area (Å²) in [5.41, 5.74) is 3.37. The van der Waals surface area contributed by atoms with Crippen LogP contribution in [0.15, 0.2) is 36.9 Å². The summed E-state index contributed by atoms with van der Waals surface area (Å²) < 4.78 is 1.94. The highest BCUT2D eigenvalue weighted by atomic mass is 16.3. The Kier molecular flexibility index (Phi) is 3.14. The number of fused-ring (bicyclic) bond motifs is 1. The minimum atomic E-state index is 0.131. The van der Waals surface area contributed by atoms with Crippen molar-refractivity contribution in [2.24, 2.45) is 7.05 Å². The van der Waals surface area contributed by atoms with Crippen molar-refractivity contribution in [2.75, 3.05) is 0 Å². The van der Waals surface area contributed by atoms with E-state index >= 15 is 0 Å². The molecule has 0 fully saturated rings. The van der Waals surface area contributed by atoms with Gasteiger partial charge in [-0.25, -0.2) is 4.98 Å². The first kappa shape index (κ1) is 13.2. The van der Waals surface area contributed by atoms with Crippen LogP contribution in [-0.4, -0.2) is 19.6 Å². The standard InChI is InChI=1S/C17H17N3O/c1-4-8-13-14(5-2)20(3)16(18-13)15-11-9-6-7-10-12(11)19-17(15)21/h4-10,19,21H,2H2,1,3H3/b8-4-. The first-order chi connectivity index (χ1) is 10.2. The number of allylic oxidation sites excluding steroid dienone is 1. The zero-order valence-corrected chi connectivity index (χ0v) is 12.1. The minimum Gasteiger partial charge on any atom is -0.494 e. The lowest BCUT2D eigenvalue weighted by atomic mass is 10.1. The van der Waals surface area contributed by atoms with Crippen LogP contribution < -0.4 is 0 Å². The van der Waals surface area contributed by atoms with E-state index < -0.39 is 0 Å². The smallest absolute Gasteiger partial charge is 0.200 e. The molecule has 3 rings (SSSR count). The third-order valence-electron chi connectivity index (χ3n) is 3.60. The zero-order valence-electron chi connectivity index (χ0n) is 12.1. The Bertz CT molecular complexity index is 852. The average Bonchev–Trinajstić information content (AvgIpc) is 2.95. The fraction of sp³-hybridized carbons (Fsp3) is 0.118. The zero-order chi connectivity index (χ0) is 15.0. The van der Waals surface area contributed by atoms with Gasteiger partial charge in [0.15, 0.2) is 0 Å². The number of imidazole rings is 1. The summed E-state index contributed by atoms with van der Waals surface area (Å²) in [7, 11) is 1.92. The second kappa shape index (κ2) is 4.98. The van der Waals surface area contributed by atoms with E-state index in [9.17, 15) is 5.11 Å². The van der Waals surface area contributed by atoms with Gasteiger partial charge >= 0.3 is 0 Å². The molecule has 4 heteroatoms. The van der Waals surface area contributed by atoms with E-state index in [0.717, 1.165) is 22.3 Å².